The summed E-state index contributed by atoms with van der Waals surface area (Å²) < 4.78 is 1.91. The number of piperidine rings is 1. The van der Waals surface area contributed by atoms with Crippen LogP contribution < -0.4 is 15.8 Å². The van der Waals surface area contributed by atoms with Crippen LogP contribution in [0.15, 0.2) is 29.1 Å². The lowest BCUT2D eigenvalue weighted by Gasteiger charge is -2.38. The van der Waals surface area contributed by atoms with E-state index in [1.807, 2.05) is 28.8 Å². The van der Waals surface area contributed by atoms with Crippen molar-refractivity contribution in [1.29, 1.82) is 0 Å². The third-order valence-electron chi connectivity index (χ3n) is 5.78. The molecule has 4 rings (SSSR count). The van der Waals surface area contributed by atoms with E-state index in [-0.39, 0.29) is 11.6 Å². The van der Waals surface area contributed by atoms with Gasteiger partial charge in [-0.1, -0.05) is 25.5 Å². The highest BCUT2D eigenvalue weighted by molar-refractivity contribution is 5.78. The molecule has 2 aromatic rings. The van der Waals surface area contributed by atoms with Crippen LogP contribution in [0, 0.1) is 5.92 Å². The number of fused-ring (bicyclic) bond motifs is 1. The van der Waals surface area contributed by atoms with Gasteiger partial charge in [0.15, 0.2) is 5.82 Å². The standard InChI is InChI=1S/C20H26N4O3/c1-2-5-14-10-15(8-9-21-14)24-17-7-4-3-6-16(17)22-18(19(24)25)23-11-13(12-23)20(26)27/h3-4,6-7,13-15,21H,2,5,8-12H2,1H3,(H,26,27)/t14-,15-/m1/s1. The van der Waals surface area contributed by atoms with Gasteiger partial charge in [-0.15, -0.1) is 0 Å². The topological polar surface area (TPSA) is 87.5 Å². The van der Waals surface area contributed by atoms with Crippen LogP contribution in [0.2, 0.25) is 0 Å². The molecule has 0 saturated carbocycles. The number of nitrogens with one attached hydrogen (secondary N) is 1. The molecule has 0 radical (unpaired) electrons. The number of benzene rings is 1. The Hall–Kier alpha value is -2.41. The maximum absolute atomic E-state index is 13.3. The summed E-state index contributed by atoms with van der Waals surface area (Å²) in [7, 11) is 0. The van der Waals surface area contributed by atoms with E-state index in [1.54, 1.807) is 4.90 Å². The van der Waals surface area contributed by atoms with Crippen molar-refractivity contribution in [2.45, 2.75) is 44.7 Å². The summed E-state index contributed by atoms with van der Waals surface area (Å²) in [5.41, 5.74) is 1.56. The second kappa shape index (κ2) is 7.31. The van der Waals surface area contributed by atoms with Crippen LogP contribution in [-0.4, -0.2) is 46.3 Å². The average Bonchev–Trinajstić information content (AvgIpc) is 2.61. The quantitative estimate of drug-likeness (QED) is 0.837. The summed E-state index contributed by atoms with van der Waals surface area (Å²) in [6.45, 7) is 3.78. The van der Waals surface area contributed by atoms with Crippen LogP contribution in [0.25, 0.3) is 11.0 Å². The predicted molar refractivity (Wildman–Crippen MR) is 104 cm³/mol. The third-order valence-corrected chi connectivity index (χ3v) is 5.78. The Morgan fingerprint density at radius 2 is 2.11 bits per heavy atom. The van der Waals surface area contributed by atoms with Crippen LogP contribution in [-0.2, 0) is 4.79 Å². The first-order valence-electron chi connectivity index (χ1n) is 9.81. The first kappa shape index (κ1) is 18.0. The van der Waals surface area contributed by atoms with Crippen molar-refractivity contribution >= 4 is 22.8 Å². The van der Waals surface area contributed by atoms with E-state index in [0.717, 1.165) is 43.3 Å². The zero-order chi connectivity index (χ0) is 19.0. The summed E-state index contributed by atoms with van der Waals surface area (Å²) in [6.07, 6.45) is 4.06. The Labute approximate surface area is 158 Å². The molecular weight excluding hydrogens is 344 g/mol. The second-order valence-corrected chi connectivity index (χ2v) is 7.66. The Morgan fingerprint density at radius 1 is 1.33 bits per heavy atom. The van der Waals surface area contributed by atoms with E-state index < -0.39 is 11.9 Å². The first-order valence-corrected chi connectivity index (χ1v) is 9.81. The highest BCUT2D eigenvalue weighted by atomic mass is 16.4. The fraction of sp³-hybridized carbons (Fsp3) is 0.550. The summed E-state index contributed by atoms with van der Waals surface area (Å²) >= 11 is 0. The maximum atomic E-state index is 13.3. The van der Waals surface area contributed by atoms with E-state index >= 15 is 0 Å². The van der Waals surface area contributed by atoms with Gasteiger partial charge >= 0.3 is 5.97 Å². The van der Waals surface area contributed by atoms with Crippen LogP contribution in [0.3, 0.4) is 0 Å². The third kappa shape index (κ3) is 3.32. The monoisotopic (exact) mass is 370 g/mol. The Morgan fingerprint density at radius 3 is 2.85 bits per heavy atom. The number of nitrogens with zero attached hydrogens (tertiary/aromatic N) is 3. The number of carbonyl (C=O) groups is 1. The van der Waals surface area contributed by atoms with Gasteiger partial charge in [0, 0.05) is 25.2 Å². The van der Waals surface area contributed by atoms with Crippen molar-refractivity contribution in [1.82, 2.24) is 14.9 Å². The molecule has 2 aliphatic rings. The van der Waals surface area contributed by atoms with Crippen molar-refractivity contribution in [3.8, 4) is 0 Å². The Kier molecular flexibility index (Phi) is 4.86. The van der Waals surface area contributed by atoms with Crippen LogP contribution in [0.1, 0.15) is 38.6 Å². The molecule has 27 heavy (non-hydrogen) atoms. The van der Waals surface area contributed by atoms with Gasteiger partial charge in [-0.2, -0.15) is 0 Å². The van der Waals surface area contributed by atoms with Gasteiger partial charge in [0.25, 0.3) is 5.56 Å². The van der Waals surface area contributed by atoms with Gasteiger partial charge in [0.2, 0.25) is 0 Å². The van der Waals surface area contributed by atoms with Crippen LogP contribution >= 0.6 is 0 Å². The number of carboxylic acids is 1. The lowest BCUT2D eigenvalue weighted by atomic mass is 9.95. The molecule has 2 N–H and O–H groups in total. The summed E-state index contributed by atoms with van der Waals surface area (Å²) in [4.78, 5) is 30.9. The van der Waals surface area contributed by atoms with Gasteiger partial charge in [0.05, 0.1) is 17.0 Å². The number of hydrogen-bond acceptors (Lipinski definition) is 5. The van der Waals surface area contributed by atoms with Crippen molar-refractivity contribution in [2.24, 2.45) is 5.92 Å². The van der Waals surface area contributed by atoms with Crippen molar-refractivity contribution < 1.29 is 9.90 Å². The molecular formula is C20H26N4O3. The fourth-order valence-corrected chi connectivity index (χ4v) is 4.30. The molecule has 0 unspecified atom stereocenters. The molecule has 3 heterocycles. The zero-order valence-electron chi connectivity index (χ0n) is 15.6. The molecule has 1 aromatic heterocycles. The van der Waals surface area contributed by atoms with Gasteiger partial charge in [-0.25, -0.2) is 4.98 Å². The molecule has 2 saturated heterocycles. The normalized spacial score (nSPS) is 23.4. The number of aromatic nitrogens is 2. The number of hydrogen-bond donors (Lipinski definition) is 2. The average molecular weight is 370 g/mol. The highest BCUT2D eigenvalue weighted by Gasteiger charge is 2.36. The molecule has 2 fully saturated rings. The molecule has 144 valence electrons. The largest absolute Gasteiger partial charge is 0.481 e. The van der Waals surface area contributed by atoms with E-state index in [4.69, 9.17) is 5.11 Å². The first-order chi connectivity index (χ1) is 13.1. The molecule has 0 amide bonds. The van der Waals surface area contributed by atoms with Crippen LogP contribution in [0.5, 0.6) is 0 Å². The van der Waals surface area contributed by atoms with Crippen LogP contribution in [0.4, 0.5) is 5.82 Å². The number of rotatable bonds is 5. The fourth-order valence-electron chi connectivity index (χ4n) is 4.30. The number of carboxylic acid groups (broad SMARTS) is 1. The Balaban J connectivity index is 1.74. The van der Waals surface area contributed by atoms with Gasteiger partial charge in [0.1, 0.15) is 0 Å². The smallest absolute Gasteiger partial charge is 0.310 e. The molecule has 7 nitrogen and oxygen atoms in total. The second-order valence-electron chi connectivity index (χ2n) is 7.66. The maximum Gasteiger partial charge on any atom is 0.310 e. The molecule has 2 aliphatic heterocycles. The molecule has 0 bridgehead atoms. The minimum atomic E-state index is -0.812. The Bertz CT molecular complexity index is 902. The van der Waals surface area contributed by atoms with E-state index in [2.05, 4.69) is 17.2 Å². The highest BCUT2D eigenvalue weighted by Crippen LogP contribution is 2.28. The van der Waals surface area contributed by atoms with E-state index in [9.17, 15) is 9.59 Å². The van der Waals surface area contributed by atoms with Crippen molar-refractivity contribution in [3.63, 3.8) is 0 Å². The molecule has 0 aliphatic carbocycles. The van der Waals surface area contributed by atoms with E-state index in [0.29, 0.717) is 24.9 Å². The van der Waals surface area contributed by atoms with Crippen molar-refractivity contribution in [2.75, 3.05) is 24.5 Å². The summed E-state index contributed by atoms with van der Waals surface area (Å²) in [5.74, 6) is -0.844. The number of aliphatic carboxylic acids is 1. The minimum Gasteiger partial charge on any atom is -0.481 e. The summed E-state index contributed by atoms with van der Waals surface area (Å²) in [6, 6.07) is 8.31. The molecule has 2 atom stereocenters. The predicted octanol–water partition coefficient (Wildman–Crippen LogP) is 2.01. The number of para-hydroxylation sites is 2. The minimum absolute atomic E-state index is 0.0975. The van der Waals surface area contributed by atoms with Gasteiger partial charge in [-0.3, -0.25) is 9.59 Å². The molecule has 0 spiro atoms. The number of anilines is 1. The van der Waals surface area contributed by atoms with E-state index in [1.165, 1.54) is 0 Å². The SMILES string of the molecule is CCC[C@@H]1C[C@H](n2c(=O)c(N3CC(C(=O)O)C3)nc3ccccc32)CCN1. The lowest BCUT2D eigenvalue weighted by molar-refractivity contribution is -0.142. The van der Waals surface area contributed by atoms with Gasteiger partial charge in [-0.05, 0) is 37.9 Å². The summed E-state index contributed by atoms with van der Waals surface area (Å²) in [5, 5.41) is 12.7. The lowest BCUT2D eigenvalue weighted by Crippen LogP contribution is -2.53. The van der Waals surface area contributed by atoms with Gasteiger partial charge < -0.3 is 19.9 Å². The van der Waals surface area contributed by atoms with Crippen molar-refractivity contribution in [3.05, 3.63) is 34.6 Å². The molecule has 1 aromatic carbocycles. The molecule has 7 heteroatoms. The zero-order valence-corrected chi connectivity index (χ0v) is 15.6.